The first-order chi connectivity index (χ1) is 10.7. The molecule has 1 atom stereocenters. The molecule has 1 aromatic heterocycles. The molecule has 2 fully saturated rings. The Balaban J connectivity index is 1.71. The fourth-order valence-electron chi connectivity index (χ4n) is 3.81. The molecular weight excluding hydrogens is 294 g/mol. The van der Waals surface area contributed by atoms with Crippen molar-refractivity contribution in [2.75, 3.05) is 26.7 Å². The van der Waals surface area contributed by atoms with E-state index in [1.54, 1.807) is 11.3 Å². The molecule has 0 bridgehead atoms. The van der Waals surface area contributed by atoms with Gasteiger partial charge in [-0.25, -0.2) is 4.98 Å². The van der Waals surface area contributed by atoms with Crippen LogP contribution in [-0.4, -0.2) is 42.5 Å². The second-order valence-electron chi connectivity index (χ2n) is 6.77. The third kappa shape index (κ3) is 3.35. The number of aryl methyl sites for hydroxylation is 1. The Morgan fingerprint density at radius 1 is 1.32 bits per heavy atom. The van der Waals surface area contributed by atoms with Crippen LogP contribution in [-0.2, 0) is 0 Å². The fraction of sp³-hybridized carbons (Fsp3) is 0.765. The molecule has 0 radical (unpaired) electrons. The van der Waals surface area contributed by atoms with Crippen LogP contribution in [0.25, 0.3) is 0 Å². The predicted molar refractivity (Wildman–Crippen MR) is 90.6 cm³/mol. The van der Waals surface area contributed by atoms with Crippen LogP contribution in [0.1, 0.15) is 64.8 Å². The van der Waals surface area contributed by atoms with Crippen molar-refractivity contribution in [3.8, 4) is 0 Å². The van der Waals surface area contributed by atoms with Crippen molar-refractivity contribution < 1.29 is 4.79 Å². The van der Waals surface area contributed by atoms with Crippen molar-refractivity contribution in [1.82, 2.24) is 15.2 Å². The van der Waals surface area contributed by atoms with Crippen LogP contribution >= 0.6 is 11.3 Å². The number of likely N-dealkylation sites (tertiary alicyclic amines) is 1. The van der Waals surface area contributed by atoms with Crippen molar-refractivity contribution in [3.63, 3.8) is 0 Å². The maximum absolute atomic E-state index is 12.9. The summed E-state index contributed by atoms with van der Waals surface area (Å²) < 4.78 is 0. The number of nitrogens with one attached hydrogen (secondary N) is 1. The van der Waals surface area contributed by atoms with Crippen molar-refractivity contribution >= 4 is 17.2 Å². The predicted octanol–water partition coefficient (Wildman–Crippen LogP) is 3.18. The van der Waals surface area contributed by atoms with E-state index in [1.807, 2.05) is 18.9 Å². The lowest BCUT2D eigenvalue weighted by molar-refractivity contribution is 0.0678. The molecule has 1 aromatic rings. The number of nitrogens with zero attached hydrogens (tertiary/aromatic N) is 2. The van der Waals surface area contributed by atoms with Gasteiger partial charge in [0.25, 0.3) is 5.91 Å². The Morgan fingerprint density at radius 2 is 2.09 bits per heavy atom. The highest BCUT2D eigenvalue weighted by Crippen LogP contribution is 2.37. The first kappa shape index (κ1) is 15.9. The quantitative estimate of drug-likeness (QED) is 0.926. The summed E-state index contributed by atoms with van der Waals surface area (Å²) in [4.78, 5) is 20.5. The van der Waals surface area contributed by atoms with Gasteiger partial charge in [-0.2, -0.15) is 0 Å². The van der Waals surface area contributed by atoms with Gasteiger partial charge in [0, 0.05) is 19.0 Å². The van der Waals surface area contributed by atoms with E-state index in [1.165, 1.54) is 37.1 Å². The van der Waals surface area contributed by atoms with Gasteiger partial charge in [-0.05, 0) is 52.1 Å². The normalized spacial score (nSPS) is 23.2. The van der Waals surface area contributed by atoms with Crippen LogP contribution < -0.4 is 5.32 Å². The van der Waals surface area contributed by atoms with E-state index in [0.717, 1.165) is 36.6 Å². The smallest absolute Gasteiger partial charge is 0.265 e. The van der Waals surface area contributed by atoms with Gasteiger partial charge in [0.2, 0.25) is 0 Å². The molecule has 1 N–H and O–H groups in total. The number of rotatable bonds is 4. The molecule has 1 saturated carbocycles. The zero-order chi connectivity index (χ0) is 15.5. The number of amides is 1. The summed E-state index contributed by atoms with van der Waals surface area (Å²) in [6.45, 7) is 4.78. The minimum atomic E-state index is 0.208. The second kappa shape index (κ2) is 7.09. The molecule has 0 spiro atoms. The largest absolute Gasteiger partial charge is 0.338 e. The average Bonchev–Trinajstić information content (AvgIpc) is 3.16. The summed E-state index contributed by atoms with van der Waals surface area (Å²) in [7, 11) is 1.99. The monoisotopic (exact) mass is 321 g/mol. The molecule has 2 aliphatic rings. The van der Waals surface area contributed by atoms with Gasteiger partial charge in [-0.1, -0.05) is 12.8 Å². The molecule has 0 aromatic carbocycles. The highest BCUT2D eigenvalue weighted by Gasteiger charge is 2.28. The molecule has 0 unspecified atom stereocenters. The molecule has 2 heterocycles. The summed E-state index contributed by atoms with van der Waals surface area (Å²) in [6, 6.07) is 0. The summed E-state index contributed by atoms with van der Waals surface area (Å²) in [5.41, 5.74) is 0.938. The van der Waals surface area contributed by atoms with E-state index >= 15 is 0 Å². The maximum Gasteiger partial charge on any atom is 0.265 e. The number of piperidine rings is 1. The average molecular weight is 321 g/mol. The molecule has 4 nitrogen and oxygen atoms in total. The van der Waals surface area contributed by atoms with Crippen molar-refractivity contribution in [2.24, 2.45) is 5.92 Å². The zero-order valence-corrected chi connectivity index (χ0v) is 14.5. The Hall–Kier alpha value is -0.940. The Kier molecular flexibility index (Phi) is 5.14. The lowest BCUT2D eigenvalue weighted by atomic mass is 9.98. The van der Waals surface area contributed by atoms with Gasteiger partial charge in [0.1, 0.15) is 4.88 Å². The van der Waals surface area contributed by atoms with E-state index in [2.05, 4.69) is 5.32 Å². The lowest BCUT2D eigenvalue weighted by Gasteiger charge is -2.32. The number of carbonyl (C=O) groups is 1. The second-order valence-corrected chi connectivity index (χ2v) is 7.80. The molecule has 5 heteroatoms. The first-order valence-corrected chi connectivity index (χ1v) is 9.42. The van der Waals surface area contributed by atoms with E-state index in [4.69, 9.17) is 4.98 Å². The van der Waals surface area contributed by atoms with Crippen LogP contribution in [0.5, 0.6) is 0 Å². The Bertz CT molecular complexity index is 520. The minimum absolute atomic E-state index is 0.208. The van der Waals surface area contributed by atoms with Gasteiger partial charge in [0.05, 0.1) is 10.7 Å². The number of thiazole rings is 1. The van der Waals surface area contributed by atoms with Crippen LogP contribution in [0.3, 0.4) is 0 Å². The van der Waals surface area contributed by atoms with E-state index in [0.29, 0.717) is 11.8 Å². The van der Waals surface area contributed by atoms with Gasteiger partial charge in [-0.15, -0.1) is 11.3 Å². The van der Waals surface area contributed by atoms with Crippen molar-refractivity contribution in [2.45, 2.75) is 51.4 Å². The highest BCUT2D eigenvalue weighted by atomic mass is 32.1. The Morgan fingerprint density at radius 3 is 2.82 bits per heavy atom. The molecule has 122 valence electrons. The Labute approximate surface area is 137 Å². The SMILES string of the molecule is CNC[C@@H]1CCCN(C(=O)c2sc(C3CCCC3)nc2C)C1. The molecule has 22 heavy (non-hydrogen) atoms. The topological polar surface area (TPSA) is 45.2 Å². The third-order valence-corrected chi connectivity index (χ3v) is 6.32. The molecule has 1 saturated heterocycles. The summed E-state index contributed by atoms with van der Waals surface area (Å²) in [5.74, 6) is 1.40. The number of aromatic nitrogens is 1. The van der Waals surface area contributed by atoms with Crippen LogP contribution in [0.2, 0.25) is 0 Å². The molecule has 3 rings (SSSR count). The van der Waals surface area contributed by atoms with Crippen LogP contribution in [0.15, 0.2) is 0 Å². The van der Waals surface area contributed by atoms with Gasteiger partial charge in [-0.3, -0.25) is 4.79 Å². The standard InChI is InChI=1S/C17H27N3OS/c1-12-15(22-16(19-12)14-7-3-4-8-14)17(21)20-9-5-6-13(11-20)10-18-2/h13-14,18H,3-11H2,1-2H3/t13-/m0/s1. The number of hydrogen-bond acceptors (Lipinski definition) is 4. The van der Waals surface area contributed by atoms with Crippen LogP contribution in [0, 0.1) is 12.8 Å². The van der Waals surface area contributed by atoms with Crippen molar-refractivity contribution in [1.29, 1.82) is 0 Å². The third-order valence-electron chi connectivity index (χ3n) is 5.01. The minimum Gasteiger partial charge on any atom is -0.338 e. The molecular formula is C17H27N3OS. The maximum atomic E-state index is 12.9. The van der Waals surface area contributed by atoms with Crippen molar-refractivity contribution in [3.05, 3.63) is 15.6 Å². The van der Waals surface area contributed by atoms with E-state index in [-0.39, 0.29) is 5.91 Å². The van der Waals surface area contributed by atoms with E-state index < -0.39 is 0 Å². The van der Waals surface area contributed by atoms with Crippen LogP contribution in [0.4, 0.5) is 0 Å². The summed E-state index contributed by atoms with van der Waals surface area (Å²) in [6.07, 6.45) is 7.45. The molecule has 1 amide bonds. The molecule has 1 aliphatic heterocycles. The fourth-order valence-corrected chi connectivity index (χ4v) is 5.02. The van der Waals surface area contributed by atoms with E-state index in [9.17, 15) is 4.79 Å². The highest BCUT2D eigenvalue weighted by molar-refractivity contribution is 7.13. The zero-order valence-electron chi connectivity index (χ0n) is 13.7. The van der Waals surface area contributed by atoms with Gasteiger partial charge >= 0.3 is 0 Å². The summed E-state index contributed by atoms with van der Waals surface area (Å²) in [5, 5.41) is 4.44. The number of hydrogen-bond donors (Lipinski definition) is 1. The summed E-state index contributed by atoms with van der Waals surface area (Å²) >= 11 is 1.66. The number of carbonyl (C=O) groups excluding carboxylic acids is 1. The first-order valence-electron chi connectivity index (χ1n) is 8.60. The van der Waals surface area contributed by atoms with Gasteiger partial charge < -0.3 is 10.2 Å². The molecule has 1 aliphatic carbocycles. The van der Waals surface area contributed by atoms with Gasteiger partial charge in [0.15, 0.2) is 0 Å². The lowest BCUT2D eigenvalue weighted by Crippen LogP contribution is -2.42.